The molecule has 6 heteroatoms. The fraction of sp³-hybridized carbons (Fsp3) is 0.235. The Hall–Kier alpha value is -1.92. The zero-order chi connectivity index (χ0) is 16.7. The van der Waals surface area contributed by atoms with E-state index in [2.05, 4.69) is 21.2 Å². The van der Waals surface area contributed by atoms with Crippen LogP contribution in [-0.4, -0.2) is 32.7 Å². The van der Waals surface area contributed by atoms with Crippen LogP contribution >= 0.6 is 15.9 Å². The second-order valence-electron chi connectivity index (χ2n) is 5.21. The quantitative estimate of drug-likeness (QED) is 0.771. The molecule has 0 fully saturated rings. The fourth-order valence-electron chi connectivity index (χ4n) is 1.99. The summed E-state index contributed by atoms with van der Waals surface area (Å²) in [5.41, 5.74) is 0.205. The van der Waals surface area contributed by atoms with Gasteiger partial charge >= 0.3 is 0 Å². The maximum Gasteiger partial charge on any atom is 0.279 e. The Morgan fingerprint density at radius 3 is 2.61 bits per heavy atom. The van der Waals surface area contributed by atoms with Gasteiger partial charge < -0.3 is 15.0 Å². The van der Waals surface area contributed by atoms with Crippen molar-refractivity contribution >= 4 is 27.5 Å². The fourth-order valence-corrected chi connectivity index (χ4v) is 2.26. The highest BCUT2D eigenvalue weighted by molar-refractivity contribution is 9.10. The monoisotopic (exact) mass is 381 g/mol. The first kappa shape index (κ1) is 17.4. The lowest BCUT2D eigenvalue weighted by atomic mass is 10.3. The van der Waals surface area contributed by atoms with E-state index in [1.54, 1.807) is 18.2 Å². The van der Waals surface area contributed by atoms with E-state index in [0.29, 0.717) is 13.2 Å². The van der Waals surface area contributed by atoms with Gasteiger partial charge in [-0.2, -0.15) is 0 Å². The van der Waals surface area contributed by atoms with Crippen LogP contribution < -0.4 is 15.0 Å². The van der Waals surface area contributed by atoms with Gasteiger partial charge in [0.05, 0.1) is 12.7 Å². The number of rotatable bonds is 7. The summed E-state index contributed by atoms with van der Waals surface area (Å²) < 4.78 is 20.1. The molecule has 0 saturated carbocycles. The highest BCUT2D eigenvalue weighted by atomic mass is 79.9. The van der Waals surface area contributed by atoms with Crippen LogP contribution in [0.15, 0.2) is 53.0 Å². The van der Waals surface area contributed by atoms with Gasteiger partial charge in [0.25, 0.3) is 5.91 Å². The predicted molar refractivity (Wildman–Crippen MR) is 91.3 cm³/mol. The molecule has 1 unspecified atom stereocenters. The van der Waals surface area contributed by atoms with Crippen molar-refractivity contribution in [2.75, 3.05) is 32.1 Å². The minimum Gasteiger partial charge on any atom is -0.488 e. The summed E-state index contributed by atoms with van der Waals surface area (Å²) in [6, 6.07) is 13.7. The van der Waals surface area contributed by atoms with Gasteiger partial charge in [-0.15, -0.1) is 0 Å². The Morgan fingerprint density at radius 1 is 1.22 bits per heavy atom. The van der Waals surface area contributed by atoms with Gasteiger partial charge in [-0.05, 0) is 36.4 Å². The summed E-state index contributed by atoms with van der Waals surface area (Å²) in [4.78, 5) is 12.9. The zero-order valence-corrected chi connectivity index (χ0v) is 14.4. The minimum atomic E-state index is -0.433. The molecule has 0 aliphatic carbocycles. The molecule has 2 aromatic rings. The first-order valence-electron chi connectivity index (χ1n) is 7.28. The van der Waals surface area contributed by atoms with Crippen LogP contribution in [0.25, 0.3) is 0 Å². The number of carbonyl (C=O) groups is 1. The van der Waals surface area contributed by atoms with Crippen LogP contribution in [0.4, 0.5) is 10.1 Å². The number of ether oxygens (including phenoxy) is 1. The van der Waals surface area contributed by atoms with Crippen LogP contribution in [0.5, 0.6) is 5.75 Å². The average molecular weight is 382 g/mol. The van der Waals surface area contributed by atoms with Gasteiger partial charge in [0.15, 0.2) is 6.54 Å². The van der Waals surface area contributed by atoms with Crippen LogP contribution in [0.2, 0.25) is 0 Å². The van der Waals surface area contributed by atoms with E-state index in [1.165, 1.54) is 6.07 Å². The molecular weight excluding hydrogens is 363 g/mol. The normalized spacial score (nSPS) is 11.8. The molecule has 0 radical (unpaired) electrons. The first-order valence-corrected chi connectivity index (χ1v) is 8.08. The molecule has 122 valence electrons. The smallest absolute Gasteiger partial charge is 0.279 e. The van der Waals surface area contributed by atoms with E-state index in [1.807, 2.05) is 31.3 Å². The topological polar surface area (TPSA) is 42.8 Å². The molecule has 0 aliphatic rings. The van der Waals surface area contributed by atoms with E-state index >= 15 is 0 Å². The average Bonchev–Trinajstić information content (AvgIpc) is 2.51. The molecule has 0 heterocycles. The van der Waals surface area contributed by atoms with E-state index in [4.69, 9.17) is 4.74 Å². The van der Waals surface area contributed by atoms with Gasteiger partial charge in [0, 0.05) is 4.47 Å². The van der Waals surface area contributed by atoms with E-state index < -0.39 is 5.82 Å². The van der Waals surface area contributed by atoms with Crippen LogP contribution in [-0.2, 0) is 4.79 Å². The van der Waals surface area contributed by atoms with E-state index in [0.717, 1.165) is 15.1 Å². The maximum atomic E-state index is 13.5. The molecule has 23 heavy (non-hydrogen) atoms. The maximum absolute atomic E-state index is 13.5. The summed E-state index contributed by atoms with van der Waals surface area (Å²) in [5, 5.41) is 2.57. The van der Waals surface area contributed by atoms with Crippen LogP contribution in [0, 0.1) is 5.82 Å². The summed E-state index contributed by atoms with van der Waals surface area (Å²) in [6.45, 7) is 1.42. The van der Waals surface area contributed by atoms with E-state index in [9.17, 15) is 9.18 Å². The second kappa shape index (κ2) is 8.64. The predicted octanol–water partition coefficient (Wildman–Crippen LogP) is 2.12. The standard InChI is InChI=1S/C17H18BrFN2O2/c1-21(10-11-23-14-8-6-13(18)7-9-14)12-17(22)20-16-5-3-2-4-15(16)19/h2-9H,10-12H2,1H3,(H,20,22)/p+1. The molecular formula is C17H19BrFN2O2+. The van der Waals surface area contributed by atoms with Crippen molar-refractivity contribution < 1.29 is 18.8 Å². The van der Waals surface area contributed by atoms with Crippen molar-refractivity contribution in [2.45, 2.75) is 0 Å². The molecule has 1 amide bonds. The van der Waals surface area contributed by atoms with Crippen molar-refractivity contribution in [3.8, 4) is 5.75 Å². The third kappa shape index (κ3) is 6.00. The molecule has 0 saturated heterocycles. The second-order valence-corrected chi connectivity index (χ2v) is 6.13. The first-order chi connectivity index (χ1) is 11.0. The number of carbonyl (C=O) groups excluding carboxylic acids is 1. The van der Waals surface area contributed by atoms with Crippen molar-refractivity contribution in [2.24, 2.45) is 0 Å². The molecule has 2 N–H and O–H groups in total. The number of hydrogen-bond acceptors (Lipinski definition) is 2. The number of likely N-dealkylation sites (N-methyl/N-ethyl adjacent to an activating group) is 1. The number of quaternary nitrogens is 1. The van der Waals surface area contributed by atoms with Crippen LogP contribution in [0.1, 0.15) is 0 Å². The highest BCUT2D eigenvalue weighted by Crippen LogP contribution is 2.15. The summed E-state index contributed by atoms with van der Waals surface area (Å²) in [5.74, 6) is 0.130. The third-order valence-electron chi connectivity index (χ3n) is 3.22. The van der Waals surface area contributed by atoms with Gasteiger partial charge in [-0.25, -0.2) is 4.39 Å². The number of anilines is 1. The van der Waals surface area contributed by atoms with Crippen molar-refractivity contribution in [3.05, 3.63) is 58.8 Å². The zero-order valence-electron chi connectivity index (χ0n) is 12.8. The number of benzene rings is 2. The van der Waals surface area contributed by atoms with Crippen molar-refractivity contribution in [1.29, 1.82) is 0 Å². The minimum absolute atomic E-state index is 0.205. The summed E-state index contributed by atoms with van der Waals surface area (Å²) in [6.07, 6.45) is 0. The summed E-state index contributed by atoms with van der Waals surface area (Å²) >= 11 is 3.37. The Bertz CT molecular complexity index is 649. The molecule has 1 atom stereocenters. The van der Waals surface area contributed by atoms with Crippen molar-refractivity contribution in [3.63, 3.8) is 0 Å². The largest absolute Gasteiger partial charge is 0.488 e. The van der Waals surface area contributed by atoms with Gasteiger partial charge in [-0.1, -0.05) is 28.1 Å². The molecule has 0 spiro atoms. The molecule has 0 bridgehead atoms. The lowest BCUT2D eigenvalue weighted by molar-refractivity contribution is -0.871. The third-order valence-corrected chi connectivity index (χ3v) is 3.75. The summed E-state index contributed by atoms with van der Waals surface area (Å²) in [7, 11) is 1.89. The Kier molecular flexibility index (Phi) is 6.55. The van der Waals surface area contributed by atoms with Gasteiger partial charge in [-0.3, -0.25) is 4.79 Å². The van der Waals surface area contributed by atoms with E-state index in [-0.39, 0.29) is 18.1 Å². The Balaban J connectivity index is 1.71. The highest BCUT2D eigenvalue weighted by Gasteiger charge is 2.12. The molecule has 2 aromatic carbocycles. The van der Waals surface area contributed by atoms with Gasteiger partial charge in [0.1, 0.15) is 24.7 Å². The number of hydrogen-bond donors (Lipinski definition) is 2. The lowest BCUT2D eigenvalue weighted by Crippen LogP contribution is -3.10. The number of halogens is 2. The number of amides is 1. The van der Waals surface area contributed by atoms with Crippen LogP contribution in [0.3, 0.4) is 0 Å². The number of para-hydroxylation sites is 1. The molecule has 0 aliphatic heterocycles. The number of nitrogens with one attached hydrogen (secondary N) is 2. The lowest BCUT2D eigenvalue weighted by Gasteiger charge is -2.14. The molecule has 0 aromatic heterocycles. The Labute approximate surface area is 143 Å². The Morgan fingerprint density at radius 2 is 1.91 bits per heavy atom. The molecule has 4 nitrogen and oxygen atoms in total. The van der Waals surface area contributed by atoms with Crippen molar-refractivity contribution in [1.82, 2.24) is 0 Å². The molecule has 2 rings (SSSR count). The SMILES string of the molecule is C[NH+](CCOc1ccc(Br)cc1)CC(=O)Nc1ccccc1F. The van der Waals surface area contributed by atoms with Gasteiger partial charge in [0.2, 0.25) is 0 Å².